The molecular formula is C42H50ClN5O3S2. The van der Waals surface area contributed by atoms with Gasteiger partial charge in [0.25, 0.3) is 15.9 Å². The molecule has 0 radical (unpaired) electrons. The Bertz CT molecular complexity index is 1980. The molecule has 0 saturated carbocycles. The van der Waals surface area contributed by atoms with Crippen molar-refractivity contribution in [3.05, 3.63) is 124 Å². The van der Waals surface area contributed by atoms with Crippen LogP contribution in [-0.4, -0.2) is 89.3 Å². The van der Waals surface area contributed by atoms with E-state index in [0.717, 1.165) is 86.2 Å². The molecule has 280 valence electrons. The van der Waals surface area contributed by atoms with Crippen molar-refractivity contribution in [2.75, 3.05) is 69.3 Å². The molecule has 0 bridgehead atoms. The number of thioether (sulfide) groups is 1. The Labute approximate surface area is 324 Å². The lowest BCUT2D eigenvalue weighted by Crippen LogP contribution is -2.47. The molecule has 11 heteroatoms. The summed E-state index contributed by atoms with van der Waals surface area (Å²) < 4.78 is 29.0. The van der Waals surface area contributed by atoms with Crippen molar-refractivity contribution in [3.8, 4) is 0 Å². The minimum atomic E-state index is -4.08. The molecule has 1 amide bonds. The predicted octanol–water partition coefficient (Wildman–Crippen LogP) is 8.05. The fraction of sp³-hybridized carbons (Fsp3) is 0.357. The lowest BCUT2D eigenvalue weighted by Gasteiger charge is -2.36. The number of hydrogen-bond donors (Lipinski definition) is 2. The number of allylic oxidation sites excluding steroid dienone is 1. The highest BCUT2D eigenvalue weighted by atomic mass is 35.5. The number of nitrogens with zero attached hydrogens (tertiary/aromatic N) is 3. The van der Waals surface area contributed by atoms with Gasteiger partial charge in [0.2, 0.25) is 0 Å². The van der Waals surface area contributed by atoms with Gasteiger partial charge in [-0.15, -0.1) is 11.8 Å². The van der Waals surface area contributed by atoms with Gasteiger partial charge in [-0.05, 0) is 137 Å². The number of anilines is 2. The standard InChI is InChI=1S/C42H50ClN5O3S2/c1-31-28-39(20-21-41(31)44-36(22-23-46(2)3)30-52-38-9-5-4-6-10-38)53(50,51)45-42(49)33-14-18-37(19-15-33)48-26-24-47(25-27-48)29-34-8-7-11-40(34)32-12-16-35(43)17-13-32/h4-6,9-10,12-21,28,36,44H,7-8,11,22-27,29-30H2,1-3H3,(H,45,49)/t36-/m1/s1. The molecule has 1 heterocycles. The van der Waals surface area contributed by atoms with Crippen LogP contribution in [0.15, 0.2) is 112 Å². The molecule has 8 nitrogen and oxygen atoms in total. The van der Waals surface area contributed by atoms with E-state index < -0.39 is 15.9 Å². The molecule has 1 fully saturated rings. The Morgan fingerprint density at radius 3 is 2.30 bits per heavy atom. The van der Waals surface area contributed by atoms with E-state index in [2.05, 4.69) is 63.1 Å². The van der Waals surface area contributed by atoms with Crippen molar-refractivity contribution in [1.29, 1.82) is 0 Å². The minimum Gasteiger partial charge on any atom is -0.381 e. The van der Waals surface area contributed by atoms with Gasteiger partial charge in [-0.1, -0.05) is 47.5 Å². The molecule has 4 aromatic rings. The number of carbonyl (C=O) groups is 1. The highest BCUT2D eigenvalue weighted by molar-refractivity contribution is 7.99. The quantitative estimate of drug-likeness (QED) is 0.118. The molecule has 2 N–H and O–H groups in total. The van der Waals surface area contributed by atoms with Crippen molar-refractivity contribution < 1.29 is 13.2 Å². The molecule has 0 aromatic heterocycles. The molecule has 1 atom stereocenters. The summed E-state index contributed by atoms with van der Waals surface area (Å²) >= 11 is 7.92. The Hall–Kier alpha value is -3.80. The van der Waals surface area contributed by atoms with Gasteiger partial charge >= 0.3 is 0 Å². The van der Waals surface area contributed by atoms with E-state index in [9.17, 15) is 13.2 Å². The van der Waals surface area contributed by atoms with Crippen LogP contribution in [0.5, 0.6) is 0 Å². The SMILES string of the molecule is Cc1cc(S(=O)(=O)NC(=O)c2ccc(N3CCN(CC4=C(c5ccc(Cl)cc5)CCC4)CC3)cc2)ccc1N[C@H](CCN(C)C)CSc1ccccc1. The van der Waals surface area contributed by atoms with Crippen molar-refractivity contribution >= 4 is 56.2 Å². The summed E-state index contributed by atoms with van der Waals surface area (Å²) in [6.07, 6.45) is 4.40. The van der Waals surface area contributed by atoms with E-state index in [1.807, 2.05) is 49.4 Å². The molecule has 53 heavy (non-hydrogen) atoms. The van der Waals surface area contributed by atoms with Crippen molar-refractivity contribution in [2.45, 2.75) is 48.4 Å². The fourth-order valence-corrected chi connectivity index (χ4v) is 9.17. The molecule has 0 spiro atoms. The third-order valence-electron chi connectivity index (χ3n) is 10.0. The molecular weight excluding hydrogens is 722 g/mol. The monoisotopic (exact) mass is 771 g/mol. The second-order valence-electron chi connectivity index (χ2n) is 14.2. The molecule has 1 saturated heterocycles. The van der Waals surface area contributed by atoms with Crippen LogP contribution >= 0.6 is 23.4 Å². The van der Waals surface area contributed by atoms with Gasteiger partial charge in [-0.3, -0.25) is 9.69 Å². The highest BCUT2D eigenvalue weighted by Crippen LogP contribution is 2.35. The average molecular weight is 772 g/mol. The third kappa shape index (κ3) is 10.7. The highest BCUT2D eigenvalue weighted by Gasteiger charge is 2.24. The number of halogens is 1. The largest absolute Gasteiger partial charge is 0.381 e. The molecule has 2 aliphatic rings. The van der Waals surface area contributed by atoms with Gasteiger partial charge in [-0.25, -0.2) is 13.1 Å². The van der Waals surface area contributed by atoms with Crippen LogP contribution in [0.4, 0.5) is 11.4 Å². The van der Waals surface area contributed by atoms with Gasteiger partial charge in [0.15, 0.2) is 0 Å². The number of carbonyl (C=O) groups excluding carboxylic acids is 1. The lowest BCUT2D eigenvalue weighted by molar-refractivity contribution is 0.0981. The zero-order valence-corrected chi connectivity index (χ0v) is 33.2. The van der Waals surface area contributed by atoms with Crippen LogP contribution in [0.1, 0.15) is 47.2 Å². The van der Waals surface area contributed by atoms with Crippen LogP contribution < -0.4 is 14.9 Å². The summed E-state index contributed by atoms with van der Waals surface area (Å²) in [5.41, 5.74) is 7.29. The number of piperazine rings is 1. The smallest absolute Gasteiger partial charge is 0.264 e. The minimum absolute atomic E-state index is 0.0561. The van der Waals surface area contributed by atoms with Gasteiger partial charge in [0.05, 0.1) is 4.90 Å². The Morgan fingerprint density at radius 2 is 1.62 bits per heavy atom. The first-order chi connectivity index (χ1) is 25.5. The number of nitrogens with one attached hydrogen (secondary N) is 2. The summed E-state index contributed by atoms with van der Waals surface area (Å²) in [6.45, 7) is 7.48. The van der Waals surface area contributed by atoms with E-state index >= 15 is 0 Å². The second kappa shape index (κ2) is 18.0. The third-order valence-corrected chi connectivity index (χ3v) is 12.8. The van der Waals surface area contributed by atoms with E-state index in [1.54, 1.807) is 42.1 Å². The topological polar surface area (TPSA) is 85.0 Å². The van der Waals surface area contributed by atoms with Crippen molar-refractivity contribution in [3.63, 3.8) is 0 Å². The molecule has 6 rings (SSSR count). The fourth-order valence-electron chi connectivity index (χ4n) is 6.99. The first-order valence-electron chi connectivity index (χ1n) is 18.4. The van der Waals surface area contributed by atoms with E-state index in [-0.39, 0.29) is 10.9 Å². The zero-order chi connectivity index (χ0) is 37.4. The van der Waals surface area contributed by atoms with Crippen LogP contribution in [0, 0.1) is 6.92 Å². The average Bonchev–Trinajstić information content (AvgIpc) is 3.62. The van der Waals surface area contributed by atoms with E-state index in [0.29, 0.717) is 5.56 Å². The van der Waals surface area contributed by atoms with E-state index in [4.69, 9.17) is 11.6 Å². The van der Waals surface area contributed by atoms with Crippen LogP contribution in [0.3, 0.4) is 0 Å². The number of benzene rings is 4. The number of rotatable bonds is 15. The summed E-state index contributed by atoms with van der Waals surface area (Å²) in [4.78, 5) is 21.4. The number of amides is 1. The molecule has 0 unspecified atom stereocenters. The maximum absolute atomic E-state index is 13.3. The normalized spacial score (nSPS) is 15.9. The van der Waals surface area contributed by atoms with Crippen LogP contribution in [-0.2, 0) is 10.0 Å². The second-order valence-corrected chi connectivity index (χ2v) is 17.4. The Balaban J connectivity index is 1.02. The maximum atomic E-state index is 13.3. The van der Waals surface area contributed by atoms with Gasteiger partial charge < -0.3 is 15.1 Å². The van der Waals surface area contributed by atoms with E-state index in [1.165, 1.54) is 28.0 Å². The zero-order valence-electron chi connectivity index (χ0n) is 30.9. The molecule has 1 aliphatic carbocycles. The van der Waals surface area contributed by atoms with Crippen LogP contribution in [0.25, 0.3) is 5.57 Å². The predicted molar refractivity (Wildman–Crippen MR) is 221 cm³/mol. The summed E-state index contributed by atoms with van der Waals surface area (Å²) in [6, 6.07) is 30.9. The number of aryl methyl sites for hydroxylation is 1. The van der Waals surface area contributed by atoms with Crippen molar-refractivity contribution in [2.24, 2.45) is 0 Å². The Morgan fingerprint density at radius 1 is 0.906 bits per heavy atom. The number of sulfonamides is 1. The molecule has 1 aliphatic heterocycles. The summed E-state index contributed by atoms with van der Waals surface area (Å²) in [5.74, 6) is 0.220. The van der Waals surface area contributed by atoms with Crippen molar-refractivity contribution in [1.82, 2.24) is 14.5 Å². The summed E-state index contributed by atoms with van der Waals surface area (Å²) in [7, 11) is 0.0451. The number of hydrogen-bond acceptors (Lipinski definition) is 8. The van der Waals surface area contributed by atoms with Crippen LogP contribution in [0.2, 0.25) is 5.02 Å². The lowest BCUT2D eigenvalue weighted by atomic mass is 10.0. The van der Waals surface area contributed by atoms with Gasteiger partial charge in [0, 0.05) is 71.4 Å². The van der Waals surface area contributed by atoms with Gasteiger partial charge in [-0.2, -0.15) is 0 Å². The molecule has 4 aromatic carbocycles. The summed E-state index contributed by atoms with van der Waals surface area (Å²) in [5, 5.41) is 4.40. The first-order valence-corrected chi connectivity index (χ1v) is 21.2. The first kappa shape index (κ1) is 38.9. The Kier molecular flexibility index (Phi) is 13.2. The maximum Gasteiger partial charge on any atom is 0.264 e. The van der Waals surface area contributed by atoms with Gasteiger partial charge in [0.1, 0.15) is 0 Å².